The Bertz CT molecular complexity index is 316. The summed E-state index contributed by atoms with van der Waals surface area (Å²) in [6.45, 7) is 4.70. The van der Waals surface area contributed by atoms with Crippen LogP contribution in [0.2, 0.25) is 0 Å². The fraction of sp³-hybridized carbons (Fsp3) is 0.400. The molecule has 4 nitrogen and oxygen atoms in total. The van der Waals surface area contributed by atoms with Crippen molar-refractivity contribution in [3.63, 3.8) is 0 Å². The van der Waals surface area contributed by atoms with Gasteiger partial charge in [-0.2, -0.15) is 5.26 Å². The van der Waals surface area contributed by atoms with Crippen molar-refractivity contribution in [3.8, 4) is 6.07 Å². The number of rotatable bonds is 5. The Morgan fingerprint density at radius 2 is 2.36 bits per heavy atom. The maximum Gasteiger partial charge on any atom is 0.163 e. The molecule has 0 aliphatic rings. The van der Waals surface area contributed by atoms with E-state index in [1.54, 1.807) is 6.20 Å². The first-order valence-electron chi connectivity index (χ1n) is 4.68. The lowest BCUT2D eigenvalue weighted by atomic mass is 10.3. The van der Waals surface area contributed by atoms with Crippen molar-refractivity contribution in [3.05, 3.63) is 24.0 Å². The fourth-order valence-electron chi connectivity index (χ4n) is 1.10. The van der Waals surface area contributed by atoms with Crippen LogP contribution in [0.5, 0.6) is 0 Å². The molecule has 1 heterocycles. The Hall–Kier alpha value is -1.60. The summed E-state index contributed by atoms with van der Waals surface area (Å²) in [5.74, 6) is 0. The molecular formula is C10H14N4. The van der Waals surface area contributed by atoms with Crippen LogP contribution in [0.3, 0.4) is 0 Å². The van der Waals surface area contributed by atoms with Gasteiger partial charge in [0.1, 0.15) is 6.07 Å². The lowest BCUT2D eigenvalue weighted by Gasteiger charge is -2.06. The number of aromatic nitrogens is 1. The molecule has 4 heteroatoms. The molecule has 0 aliphatic heterocycles. The van der Waals surface area contributed by atoms with Gasteiger partial charge in [0.25, 0.3) is 0 Å². The fourth-order valence-corrected chi connectivity index (χ4v) is 1.10. The Balaban J connectivity index is 2.46. The summed E-state index contributed by atoms with van der Waals surface area (Å²) in [6, 6.07) is 5.72. The molecule has 14 heavy (non-hydrogen) atoms. The van der Waals surface area contributed by atoms with E-state index in [1.165, 1.54) is 0 Å². The van der Waals surface area contributed by atoms with E-state index in [2.05, 4.69) is 22.5 Å². The Kier molecular flexibility index (Phi) is 4.45. The molecule has 0 amide bonds. The Morgan fingerprint density at radius 3 is 3.07 bits per heavy atom. The van der Waals surface area contributed by atoms with Gasteiger partial charge in [-0.1, -0.05) is 6.92 Å². The monoisotopic (exact) mass is 190 g/mol. The van der Waals surface area contributed by atoms with Crippen LogP contribution in [-0.4, -0.2) is 24.6 Å². The maximum absolute atomic E-state index is 8.75. The van der Waals surface area contributed by atoms with Crippen LogP contribution in [0.1, 0.15) is 12.6 Å². The van der Waals surface area contributed by atoms with Gasteiger partial charge in [0.2, 0.25) is 0 Å². The SMILES string of the molecule is CCNCCNc1cccnc1C#N. The zero-order valence-electron chi connectivity index (χ0n) is 8.25. The summed E-state index contributed by atoms with van der Waals surface area (Å²) >= 11 is 0. The number of pyridine rings is 1. The van der Waals surface area contributed by atoms with Crippen LogP contribution in [0.4, 0.5) is 5.69 Å². The lowest BCUT2D eigenvalue weighted by molar-refractivity contribution is 0.738. The van der Waals surface area contributed by atoms with Gasteiger partial charge in [-0.05, 0) is 18.7 Å². The third-order valence-corrected chi connectivity index (χ3v) is 1.78. The summed E-state index contributed by atoms with van der Waals surface area (Å²) < 4.78 is 0. The highest BCUT2D eigenvalue weighted by Crippen LogP contribution is 2.09. The molecule has 1 aromatic heterocycles. The van der Waals surface area contributed by atoms with Gasteiger partial charge >= 0.3 is 0 Å². The largest absolute Gasteiger partial charge is 0.381 e. The zero-order valence-corrected chi connectivity index (χ0v) is 8.25. The first kappa shape index (κ1) is 10.5. The van der Waals surface area contributed by atoms with Gasteiger partial charge in [0, 0.05) is 19.3 Å². The molecule has 1 aromatic rings. The van der Waals surface area contributed by atoms with Crippen molar-refractivity contribution in [1.82, 2.24) is 10.3 Å². The van der Waals surface area contributed by atoms with Gasteiger partial charge in [0.05, 0.1) is 5.69 Å². The Morgan fingerprint density at radius 1 is 1.50 bits per heavy atom. The molecule has 0 bridgehead atoms. The normalized spacial score (nSPS) is 9.43. The number of hydrogen-bond acceptors (Lipinski definition) is 4. The molecule has 1 rings (SSSR count). The summed E-state index contributed by atoms with van der Waals surface area (Å²) in [5.41, 5.74) is 1.25. The summed E-state index contributed by atoms with van der Waals surface area (Å²) in [6.07, 6.45) is 1.62. The van der Waals surface area contributed by atoms with Crippen LogP contribution in [0, 0.1) is 11.3 Å². The van der Waals surface area contributed by atoms with Crippen LogP contribution >= 0.6 is 0 Å². The van der Waals surface area contributed by atoms with Crippen LogP contribution in [0.25, 0.3) is 0 Å². The molecule has 0 spiro atoms. The predicted octanol–water partition coefficient (Wildman–Crippen LogP) is 0.975. The molecular weight excluding hydrogens is 176 g/mol. The van der Waals surface area contributed by atoms with Crippen LogP contribution < -0.4 is 10.6 Å². The van der Waals surface area contributed by atoms with Gasteiger partial charge in [-0.15, -0.1) is 0 Å². The summed E-state index contributed by atoms with van der Waals surface area (Å²) in [7, 11) is 0. The number of anilines is 1. The lowest BCUT2D eigenvalue weighted by Crippen LogP contribution is -2.21. The number of nitriles is 1. The molecule has 74 valence electrons. The van der Waals surface area contributed by atoms with E-state index in [1.807, 2.05) is 18.2 Å². The molecule has 0 unspecified atom stereocenters. The second-order valence-electron chi connectivity index (χ2n) is 2.79. The third-order valence-electron chi connectivity index (χ3n) is 1.78. The molecule has 2 N–H and O–H groups in total. The molecule has 0 aromatic carbocycles. The quantitative estimate of drug-likeness (QED) is 0.679. The van der Waals surface area contributed by atoms with E-state index in [4.69, 9.17) is 5.26 Å². The molecule has 0 aliphatic carbocycles. The average Bonchev–Trinajstić information content (AvgIpc) is 2.25. The van der Waals surface area contributed by atoms with E-state index in [0.717, 1.165) is 25.3 Å². The Labute approximate surface area is 84.0 Å². The van der Waals surface area contributed by atoms with Crippen LogP contribution in [0.15, 0.2) is 18.3 Å². The van der Waals surface area contributed by atoms with Crippen molar-refractivity contribution in [2.75, 3.05) is 25.0 Å². The minimum absolute atomic E-state index is 0.448. The number of nitrogens with zero attached hydrogens (tertiary/aromatic N) is 2. The highest BCUT2D eigenvalue weighted by atomic mass is 14.9. The first-order chi connectivity index (χ1) is 6.88. The van der Waals surface area contributed by atoms with E-state index in [-0.39, 0.29) is 0 Å². The number of nitrogens with one attached hydrogen (secondary N) is 2. The second kappa shape index (κ2) is 5.95. The predicted molar refractivity (Wildman–Crippen MR) is 56.0 cm³/mol. The van der Waals surface area contributed by atoms with Crippen LogP contribution in [-0.2, 0) is 0 Å². The average molecular weight is 190 g/mol. The topological polar surface area (TPSA) is 60.7 Å². The van der Waals surface area contributed by atoms with Gasteiger partial charge < -0.3 is 10.6 Å². The second-order valence-corrected chi connectivity index (χ2v) is 2.79. The van der Waals surface area contributed by atoms with Gasteiger partial charge in [0.15, 0.2) is 5.69 Å². The van der Waals surface area contributed by atoms with Gasteiger partial charge in [-0.25, -0.2) is 4.98 Å². The van der Waals surface area contributed by atoms with Crippen molar-refractivity contribution in [2.45, 2.75) is 6.92 Å². The standard InChI is InChI=1S/C10H14N4/c1-2-12-6-7-14-9-4-3-5-13-10(9)8-11/h3-5,12,14H,2,6-7H2,1H3. The summed E-state index contributed by atoms with van der Waals surface area (Å²) in [4.78, 5) is 3.95. The highest BCUT2D eigenvalue weighted by molar-refractivity contribution is 5.53. The van der Waals surface area contributed by atoms with E-state index in [0.29, 0.717) is 5.69 Å². The van der Waals surface area contributed by atoms with Gasteiger partial charge in [-0.3, -0.25) is 0 Å². The number of hydrogen-bond donors (Lipinski definition) is 2. The molecule has 0 fully saturated rings. The van der Waals surface area contributed by atoms with E-state index >= 15 is 0 Å². The van der Waals surface area contributed by atoms with Crippen molar-refractivity contribution in [1.29, 1.82) is 5.26 Å². The third kappa shape index (κ3) is 3.04. The smallest absolute Gasteiger partial charge is 0.163 e. The summed E-state index contributed by atoms with van der Waals surface area (Å²) in [5, 5.41) is 15.1. The molecule has 0 saturated carbocycles. The van der Waals surface area contributed by atoms with Crippen molar-refractivity contribution in [2.24, 2.45) is 0 Å². The van der Waals surface area contributed by atoms with Crippen molar-refractivity contribution < 1.29 is 0 Å². The van der Waals surface area contributed by atoms with E-state index in [9.17, 15) is 0 Å². The maximum atomic E-state index is 8.75. The highest BCUT2D eigenvalue weighted by Gasteiger charge is 1.99. The number of likely N-dealkylation sites (N-methyl/N-ethyl adjacent to an activating group) is 1. The first-order valence-corrected chi connectivity index (χ1v) is 4.68. The minimum Gasteiger partial charge on any atom is -0.381 e. The molecule has 0 saturated heterocycles. The zero-order chi connectivity index (χ0) is 10.2. The van der Waals surface area contributed by atoms with Crippen molar-refractivity contribution >= 4 is 5.69 Å². The molecule has 0 radical (unpaired) electrons. The van der Waals surface area contributed by atoms with E-state index < -0.39 is 0 Å². The minimum atomic E-state index is 0.448. The molecule has 0 atom stereocenters.